The summed E-state index contributed by atoms with van der Waals surface area (Å²) in [6.45, 7) is 11.8. The topological polar surface area (TPSA) is 76.1 Å². The van der Waals surface area contributed by atoms with Crippen LogP contribution in [0.5, 0.6) is 5.75 Å². The van der Waals surface area contributed by atoms with Gasteiger partial charge in [0, 0.05) is 18.7 Å². The third-order valence-electron chi connectivity index (χ3n) is 7.01. The van der Waals surface area contributed by atoms with Crippen LogP contribution in [0.4, 0.5) is 4.39 Å². The fourth-order valence-electron chi connectivity index (χ4n) is 5.18. The molecule has 0 saturated heterocycles. The second-order valence-corrected chi connectivity index (χ2v) is 10.8. The number of carbonyl (C=O) groups is 2. The summed E-state index contributed by atoms with van der Waals surface area (Å²) in [5, 5.41) is 10.3. The van der Waals surface area contributed by atoms with E-state index in [1.807, 2.05) is 65.8 Å². The summed E-state index contributed by atoms with van der Waals surface area (Å²) < 4.78 is 26.1. The van der Waals surface area contributed by atoms with E-state index in [4.69, 9.17) is 9.47 Å². The van der Waals surface area contributed by atoms with Gasteiger partial charge in [0.25, 0.3) is 5.91 Å². The minimum Gasteiger partial charge on any atom is -0.494 e. The van der Waals surface area contributed by atoms with Crippen LogP contribution in [0.25, 0.3) is 11.1 Å². The van der Waals surface area contributed by atoms with E-state index in [-0.39, 0.29) is 24.4 Å². The first-order chi connectivity index (χ1) is 17.8. The molecule has 38 heavy (non-hydrogen) atoms. The van der Waals surface area contributed by atoms with Crippen molar-refractivity contribution in [2.75, 3.05) is 7.11 Å². The van der Waals surface area contributed by atoms with Gasteiger partial charge in [0.05, 0.1) is 18.3 Å². The molecule has 0 aliphatic carbocycles. The first-order valence-electron chi connectivity index (χ1n) is 12.6. The van der Waals surface area contributed by atoms with Crippen molar-refractivity contribution in [3.8, 4) is 16.9 Å². The monoisotopic (exact) mass is 519 g/mol. The van der Waals surface area contributed by atoms with E-state index in [1.54, 1.807) is 11.0 Å². The van der Waals surface area contributed by atoms with Gasteiger partial charge >= 0.3 is 5.97 Å². The van der Waals surface area contributed by atoms with E-state index in [1.165, 1.54) is 19.2 Å². The van der Waals surface area contributed by atoms with Crippen molar-refractivity contribution in [3.63, 3.8) is 0 Å². The number of methoxy groups -OCH3 is 1. The van der Waals surface area contributed by atoms with Gasteiger partial charge in [0.15, 0.2) is 17.7 Å². The Balaban J connectivity index is 1.89. The molecular weight excluding hydrogens is 485 g/mol. The average Bonchev–Trinajstić information content (AvgIpc) is 3.31. The lowest BCUT2D eigenvalue weighted by molar-refractivity contribution is -0.160. The van der Waals surface area contributed by atoms with Crippen LogP contribution in [0.15, 0.2) is 42.5 Å². The Hall–Kier alpha value is -3.71. The lowest BCUT2D eigenvalue weighted by Crippen LogP contribution is -2.28. The number of aliphatic carboxylic acids is 1. The van der Waals surface area contributed by atoms with Gasteiger partial charge in [-0.15, -0.1) is 0 Å². The highest BCUT2D eigenvalue weighted by Gasteiger charge is 2.37. The highest BCUT2D eigenvalue weighted by molar-refractivity contribution is 5.95. The van der Waals surface area contributed by atoms with Gasteiger partial charge in [-0.25, -0.2) is 9.18 Å². The number of carboxylic acids is 1. The number of carbonyl (C=O) groups excluding carboxylic acids is 1. The second kappa shape index (κ2) is 10.2. The fourth-order valence-corrected chi connectivity index (χ4v) is 5.18. The van der Waals surface area contributed by atoms with Gasteiger partial charge in [-0.1, -0.05) is 35.9 Å². The Morgan fingerprint density at radius 1 is 0.974 bits per heavy atom. The quantitative estimate of drug-likeness (QED) is 0.401. The molecular formula is C31H34FNO5. The molecule has 3 aromatic rings. The van der Waals surface area contributed by atoms with E-state index in [9.17, 15) is 19.1 Å². The van der Waals surface area contributed by atoms with Gasteiger partial charge in [-0.3, -0.25) is 4.79 Å². The maximum absolute atomic E-state index is 14.9. The Kier molecular flexibility index (Phi) is 7.35. The van der Waals surface area contributed by atoms with Gasteiger partial charge in [0.1, 0.15) is 0 Å². The third-order valence-corrected chi connectivity index (χ3v) is 7.01. The van der Waals surface area contributed by atoms with Crippen LogP contribution in [0.2, 0.25) is 0 Å². The highest BCUT2D eigenvalue weighted by Crippen LogP contribution is 2.44. The molecule has 4 rings (SSSR count). The van der Waals surface area contributed by atoms with Crippen molar-refractivity contribution in [2.24, 2.45) is 0 Å². The number of hydrogen-bond acceptors (Lipinski definition) is 4. The van der Waals surface area contributed by atoms with Crippen molar-refractivity contribution in [1.82, 2.24) is 4.90 Å². The van der Waals surface area contributed by atoms with Crippen molar-refractivity contribution < 1.29 is 28.6 Å². The SMILES string of the molecule is COc1cccc(C(=O)N2Cc3c(C)c(-c4ccc(C)cc4)c([C@H](OC(C)(C)C)C(=O)O)c(C)c3C2)c1F. The zero-order chi connectivity index (χ0) is 27.9. The minimum atomic E-state index is -1.21. The van der Waals surface area contributed by atoms with Crippen molar-refractivity contribution in [2.45, 2.75) is 66.3 Å². The molecule has 0 spiro atoms. The van der Waals surface area contributed by atoms with Crippen LogP contribution in [-0.4, -0.2) is 34.6 Å². The molecule has 1 N–H and O–H groups in total. The maximum Gasteiger partial charge on any atom is 0.337 e. The molecule has 0 aromatic heterocycles. The van der Waals surface area contributed by atoms with Crippen LogP contribution in [0.1, 0.15) is 70.6 Å². The molecule has 3 aromatic carbocycles. The molecule has 1 aliphatic rings. The van der Waals surface area contributed by atoms with Gasteiger partial charge < -0.3 is 19.5 Å². The molecule has 0 fully saturated rings. The lowest BCUT2D eigenvalue weighted by atomic mass is 9.83. The number of aryl methyl sites for hydroxylation is 1. The molecule has 1 aliphatic heterocycles. The Morgan fingerprint density at radius 3 is 2.13 bits per heavy atom. The highest BCUT2D eigenvalue weighted by atomic mass is 19.1. The zero-order valence-electron chi connectivity index (χ0n) is 22.9. The molecule has 0 saturated carbocycles. The average molecular weight is 520 g/mol. The normalized spacial score (nSPS) is 13.8. The number of hydrogen-bond donors (Lipinski definition) is 1. The van der Waals surface area contributed by atoms with Crippen LogP contribution in [0.3, 0.4) is 0 Å². The standard InChI is InChI=1S/C31H34FNO5/c1-17-11-13-20(14-12-17)25-18(2)22-15-33(29(34)21-9-8-10-24(37-7)27(21)32)16-23(22)19(3)26(25)28(30(35)36)38-31(4,5)6/h8-14,28H,15-16H2,1-7H3,(H,35,36)/t28-/m0/s1. The second-order valence-electron chi connectivity index (χ2n) is 10.8. The molecule has 200 valence electrons. The predicted octanol–water partition coefficient (Wildman–Crippen LogP) is 6.52. The summed E-state index contributed by atoms with van der Waals surface area (Å²) in [5.41, 5.74) is 6.02. The van der Waals surface area contributed by atoms with Gasteiger partial charge in [-0.2, -0.15) is 0 Å². The number of fused-ring (bicyclic) bond motifs is 1. The van der Waals surface area contributed by atoms with Crippen molar-refractivity contribution >= 4 is 11.9 Å². The molecule has 1 atom stereocenters. The van der Waals surface area contributed by atoms with E-state index in [0.29, 0.717) is 5.56 Å². The van der Waals surface area contributed by atoms with Crippen LogP contribution >= 0.6 is 0 Å². The largest absolute Gasteiger partial charge is 0.494 e. The number of benzene rings is 3. The number of halogens is 1. The first-order valence-corrected chi connectivity index (χ1v) is 12.6. The van der Waals surface area contributed by atoms with E-state index < -0.39 is 29.4 Å². The smallest absolute Gasteiger partial charge is 0.337 e. The van der Waals surface area contributed by atoms with Crippen LogP contribution < -0.4 is 4.74 Å². The fraction of sp³-hybridized carbons (Fsp3) is 0.355. The molecule has 6 nitrogen and oxygen atoms in total. The summed E-state index contributed by atoms with van der Waals surface area (Å²) in [5.74, 6) is -2.22. The van der Waals surface area contributed by atoms with Crippen LogP contribution in [0, 0.1) is 26.6 Å². The molecule has 7 heteroatoms. The number of ether oxygens (including phenoxy) is 2. The van der Waals surface area contributed by atoms with E-state index >= 15 is 0 Å². The van der Waals surface area contributed by atoms with Crippen molar-refractivity contribution in [3.05, 3.63) is 87.2 Å². The summed E-state index contributed by atoms with van der Waals surface area (Å²) in [6, 6.07) is 12.4. The summed E-state index contributed by atoms with van der Waals surface area (Å²) in [4.78, 5) is 27.6. The summed E-state index contributed by atoms with van der Waals surface area (Å²) in [6.07, 6.45) is -1.21. The maximum atomic E-state index is 14.9. The summed E-state index contributed by atoms with van der Waals surface area (Å²) in [7, 11) is 1.36. The zero-order valence-corrected chi connectivity index (χ0v) is 22.9. The number of nitrogens with zero attached hydrogens (tertiary/aromatic N) is 1. The summed E-state index contributed by atoms with van der Waals surface area (Å²) >= 11 is 0. The first kappa shape index (κ1) is 27.3. The van der Waals surface area contributed by atoms with Crippen LogP contribution in [-0.2, 0) is 22.6 Å². The third kappa shape index (κ3) is 5.03. The predicted molar refractivity (Wildman–Crippen MR) is 144 cm³/mol. The number of carboxylic acid groups (broad SMARTS) is 1. The Bertz CT molecular complexity index is 1410. The molecule has 1 amide bonds. The van der Waals surface area contributed by atoms with E-state index in [0.717, 1.165) is 38.9 Å². The van der Waals surface area contributed by atoms with E-state index in [2.05, 4.69) is 0 Å². The van der Waals surface area contributed by atoms with Crippen molar-refractivity contribution in [1.29, 1.82) is 0 Å². The number of rotatable bonds is 6. The molecule has 1 heterocycles. The van der Waals surface area contributed by atoms with Gasteiger partial charge in [0.2, 0.25) is 0 Å². The minimum absolute atomic E-state index is 0.00694. The Labute approximate surface area is 223 Å². The Morgan fingerprint density at radius 2 is 1.58 bits per heavy atom. The number of amides is 1. The molecule has 0 unspecified atom stereocenters. The molecule has 0 bridgehead atoms. The van der Waals surface area contributed by atoms with Gasteiger partial charge in [-0.05, 0) is 87.1 Å². The molecule has 0 radical (unpaired) electrons. The lowest BCUT2D eigenvalue weighted by Gasteiger charge is -2.29.